The van der Waals surface area contributed by atoms with Gasteiger partial charge in [0.05, 0.1) is 17.3 Å². The first-order valence-electron chi connectivity index (χ1n) is 12.6. The summed E-state index contributed by atoms with van der Waals surface area (Å²) in [7, 11) is 9.35. The molecule has 0 saturated carbocycles. The lowest BCUT2D eigenvalue weighted by Crippen LogP contribution is -2.21. The summed E-state index contributed by atoms with van der Waals surface area (Å²) in [6.07, 6.45) is 14.8. The SMILES string of the molecule is C#CC/C=C(\C)N(C)C(C)=NC.C=CCOC.CC.CCCC.CN(C)c1ccnc2sc(C=O)cc12. The predicted octanol–water partition coefficient (Wildman–Crippen LogP) is 7.72. The molecule has 37 heavy (non-hydrogen) atoms. The number of ether oxygens (including phenoxy) is 1. The van der Waals surface area contributed by atoms with E-state index < -0.39 is 0 Å². The maximum Gasteiger partial charge on any atom is 0.160 e. The standard InChI is InChI=1S/C10H10N2OS.C10H16N2.C4H8O.C4H10.C2H6/c1-12(2)9-3-4-11-10-8(9)5-7(6-13)14-10;1-6-7-8-9(2)12(5)10(3)11-4;1-3-4-5-2;1-3-4-2;1-2/h3-6H,1-2H3;1,8H,7H2,2-5H3;3H,1,4H2,2H3;3-4H2,1-2H3;1-2H3/b;9-8+,11-10?;;;. The molecule has 0 unspecified atom stereocenters. The Bertz CT molecular complexity index is 954. The van der Waals surface area contributed by atoms with Crippen LogP contribution in [0, 0.1) is 12.3 Å². The van der Waals surface area contributed by atoms with Crippen LogP contribution in [-0.2, 0) is 4.74 Å². The van der Waals surface area contributed by atoms with Crippen molar-refractivity contribution in [1.29, 1.82) is 0 Å². The second-order valence-electron chi connectivity index (χ2n) is 7.54. The van der Waals surface area contributed by atoms with Crippen LogP contribution in [0.25, 0.3) is 10.2 Å². The Morgan fingerprint density at radius 1 is 1.24 bits per heavy atom. The summed E-state index contributed by atoms with van der Waals surface area (Å²) in [6.45, 7) is 16.4. The largest absolute Gasteiger partial charge is 0.381 e. The molecule has 0 aliphatic rings. The first-order chi connectivity index (χ1) is 17.7. The lowest BCUT2D eigenvalue weighted by molar-refractivity contribution is 0.112. The van der Waals surface area contributed by atoms with Gasteiger partial charge in [-0.15, -0.1) is 30.3 Å². The summed E-state index contributed by atoms with van der Waals surface area (Å²) >= 11 is 1.42. The van der Waals surface area contributed by atoms with Gasteiger partial charge in [0, 0.05) is 64.7 Å². The molecule has 0 atom stereocenters. The number of terminal acetylenes is 1. The molecule has 0 amide bonds. The zero-order valence-corrected chi connectivity index (χ0v) is 25.9. The third-order valence-corrected chi connectivity index (χ3v) is 5.64. The third-order valence-electron chi connectivity index (χ3n) is 4.67. The Morgan fingerprint density at radius 3 is 2.22 bits per heavy atom. The minimum absolute atomic E-state index is 0.653. The Morgan fingerprint density at radius 2 is 1.84 bits per heavy atom. The molecule has 0 spiro atoms. The van der Waals surface area contributed by atoms with E-state index in [4.69, 9.17) is 6.42 Å². The van der Waals surface area contributed by atoms with Gasteiger partial charge in [0.25, 0.3) is 0 Å². The normalized spacial score (nSPS) is 10.0. The van der Waals surface area contributed by atoms with Gasteiger partial charge in [-0.25, -0.2) is 4.98 Å². The Labute approximate surface area is 231 Å². The fourth-order valence-corrected chi connectivity index (χ4v) is 3.09. The molecule has 2 aromatic heterocycles. The molecule has 0 radical (unpaired) electrons. The van der Waals surface area contributed by atoms with Gasteiger partial charge in [0.2, 0.25) is 0 Å². The second-order valence-corrected chi connectivity index (χ2v) is 8.60. The molecular weight excluding hydrogens is 480 g/mol. The van der Waals surface area contributed by atoms with Gasteiger partial charge >= 0.3 is 0 Å². The van der Waals surface area contributed by atoms with E-state index in [1.54, 1.807) is 26.4 Å². The minimum Gasteiger partial charge on any atom is -0.381 e. The van der Waals surface area contributed by atoms with E-state index in [9.17, 15) is 4.79 Å². The first-order valence-corrected chi connectivity index (χ1v) is 13.4. The molecule has 2 heterocycles. The molecule has 0 bridgehead atoms. The van der Waals surface area contributed by atoms with Gasteiger partial charge in [0.1, 0.15) is 4.83 Å². The number of aldehydes is 1. The summed E-state index contributed by atoms with van der Waals surface area (Å²) < 4.78 is 4.57. The number of allylic oxidation sites excluding steroid dienone is 2. The number of carbonyl (C=O) groups excluding carboxylic acids is 1. The zero-order valence-electron chi connectivity index (χ0n) is 25.1. The van der Waals surface area contributed by atoms with Crippen LogP contribution in [0.2, 0.25) is 0 Å². The molecule has 0 aliphatic heterocycles. The highest BCUT2D eigenvalue weighted by Gasteiger charge is 2.07. The van der Waals surface area contributed by atoms with Crippen molar-refractivity contribution in [2.45, 2.75) is 60.8 Å². The minimum atomic E-state index is 0.653. The number of amidine groups is 1. The number of unbranched alkanes of at least 4 members (excludes halogenated alkanes) is 1. The summed E-state index contributed by atoms with van der Waals surface area (Å²) in [5.41, 5.74) is 2.23. The van der Waals surface area contributed by atoms with Crippen molar-refractivity contribution in [3.8, 4) is 12.3 Å². The van der Waals surface area contributed by atoms with Crippen LogP contribution in [0.3, 0.4) is 0 Å². The number of aromatic nitrogens is 1. The van der Waals surface area contributed by atoms with E-state index in [-0.39, 0.29) is 0 Å². The van der Waals surface area contributed by atoms with Crippen molar-refractivity contribution < 1.29 is 9.53 Å². The number of pyridine rings is 1. The average Bonchev–Trinajstić information content (AvgIpc) is 3.36. The molecule has 208 valence electrons. The number of nitrogens with zero attached hydrogens (tertiary/aromatic N) is 4. The summed E-state index contributed by atoms with van der Waals surface area (Å²) in [5.74, 6) is 3.55. The van der Waals surface area contributed by atoms with Crippen LogP contribution in [0.1, 0.15) is 70.5 Å². The van der Waals surface area contributed by atoms with E-state index in [1.165, 1.54) is 24.2 Å². The second kappa shape index (κ2) is 26.1. The van der Waals surface area contributed by atoms with Crippen molar-refractivity contribution in [1.82, 2.24) is 9.88 Å². The molecule has 6 nitrogen and oxygen atoms in total. The van der Waals surface area contributed by atoms with E-state index in [0.29, 0.717) is 13.0 Å². The number of anilines is 1. The van der Waals surface area contributed by atoms with Gasteiger partial charge in [-0.05, 0) is 26.0 Å². The van der Waals surface area contributed by atoms with Gasteiger partial charge in [-0.2, -0.15) is 0 Å². The van der Waals surface area contributed by atoms with E-state index >= 15 is 0 Å². The van der Waals surface area contributed by atoms with Crippen LogP contribution in [-0.4, -0.2) is 63.9 Å². The maximum atomic E-state index is 10.6. The molecule has 0 N–H and O–H groups in total. The molecule has 0 aliphatic carbocycles. The number of methoxy groups -OCH3 is 1. The van der Waals surface area contributed by atoms with Crippen molar-refractivity contribution in [3.63, 3.8) is 0 Å². The molecule has 0 fully saturated rings. The molecule has 7 heteroatoms. The van der Waals surface area contributed by atoms with Crippen LogP contribution < -0.4 is 4.90 Å². The van der Waals surface area contributed by atoms with Crippen LogP contribution in [0.5, 0.6) is 0 Å². The first kappa shape index (κ1) is 38.6. The van der Waals surface area contributed by atoms with Gasteiger partial charge in [-0.1, -0.05) is 52.7 Å². The fraction of sp³-hybridized carbons (Fsp3) is 0.500. The zero-order chi connectivity index (χ0) is 29.2. The highest BCUT2D eigenvalue weighted by Crippen LogP contribution is 2.29. The molecule has 2 rings (SSSR count). The number of rotatable bonds is 7. The average molecular weight is 531 g/mol. The molecular formula is C30H50N4O2S. The van der Waals surface area contributed by atoms with E-state index in [0.717, 1.165) is 38.6 Å². The van der Waals surface area contributed by atoms with Crippen LogP contribution in [0.4, 0.5) is 5.69 Å². The highest BCUT2D eigenvalue weighted by atomic mass is 32.1. The molecule has 0 aromatic carbocycles. The quantitative estimate of drug-likeness (QED) is 0.121. The van der Waals surface area contributed by atoms with Crippen molar-refractivity contribution in [2.24, 2.45) is 4.99 Å². The molecule has 2 aromatic rings. The number of thiophene rings is 1. The third kappa shape index (κ3) is 18.0. The van der Waals surface area contributed by atoms with Gasteiger partial charge in [0.15, 0.2) is 6.29 Å². The van der Waals surface area contributed by atoms with Gasteiger partial charge < -0.3 is 14.5 Å². The number of fused-ring (bicyclic) bond motifs is 1. The Balaban J connectivity index is -0.000000454. The Hall–Kier alpha value is -2.95. The van der Waals surface area contributed by atoms with E-state index in [2.05, 4.69) is 41.1 Å². The van der Waals surface area contributed by atoms with Gasteiger partial charge in [-0.3, -0.25) is 9.79 Å². The summed E-state index contributed by atoms with van der Waals surface area (Å²) in [5, 5.41) is 1.05. The monoisotopic (exact) mass is 530 g/mol. The molecule has 0 saturated heterocycles. The number of aliphatic imine (C=N–C) groups is 1. The lowest BCUT2D eigenvalue weighted by Gasteiger charge is -2.18. The van der Waals surface area contributed by atoms with Crippen molar-refractivity contribution in [3.05, 3.63) is 47.6 Å². The summed E-state index contributed by atoms with van der Waals surface area (Å²) in [4.78, 5) is 24.6. The number of hydrogen-bond acceptors (Lipinski definition) is 6. The lowest BCUT2D eigenvalue weighted by atomic mass is 10.2. The van der Waals surface area contributed by atoms with Crippen molar-refractivity contribution >= 4 is 39.4 Å². The van der Waals surface area contributed by atoms with Crippen LogP contribution >= 0.6 is 11.3 Å². The number of carbonyl (C=O) groups is 1. The highest BCUT2D eigenvalue weighted by molar-refractivity contribution is 7.20. The summed E-state index contributed by atoms with van der Waals surface area (Å²) in [6, 6.07) is 3.83. The predicted molar refractivity (Wildman–Crippen MR) is 167 cm³/mol. The Kier molecular flexibility index (Phi) is 27.2. The van der Waals surface area contributed by atoms with Crippen LogP contribution in [0.15, 0.2) is 47.7 Å². The fourth-order valence-electron chi connectivity index (χ4n) is 2.26. The smallest absolute Gasteiger partial charge is 0.160 e. The van der Waals surface area contributed by atoms with Crippen molar-refractivity contribution in [2.75, 3.05) is 46.8 Å². The van der Waals surface area contributed by atoms with E-state index in [1.807, 2.05) is 76.8 Å². The maximum absolute atomic E-state index is 10.6. The number of hydrogen-bond donors (Lipinski definition) is 0. The topological polar surface area (TPSA) is 58.0 Å².